The van der Waals surface area contributed by atoms with Crippen molar-refractivity contribution in [2.45, 2.75) is 13.0 Å². The largest absolute Gasteiger partial charge is 0.473 e. The second-order valence-corrected chi connectivity index (χ2v) is 5.91. The van der Waals surface area contributed by atoms with Gasteiger partial charge in [0, 0.05) is 17.8 Å². The summed E-state index contributed by atoms with van der Waals surface area (Å²) in [4.78, 5) is 2.26. The van der Waals surface area contributed by atoms with Crippen LogP contribution in [0.2, 0.25) is 0 Å². The first kappa shape index (κ1) is 13.9. The van der Waals surface area contributed by atoms with Crippen molar-refractivity contribution >= 4 is 5.69 Å². The third-order valence-electron chi connectivity index (χ3n) is 4.23. The van der Waals surface area contributed by atoms with Crippen LogP contribution in [-0.4, -0.2) is 6.73 Å². The zero-order chi connectivity index (χ0) is 15.5. The highest BCUT2D eigenvalue weighted by Gasteiger charge is 2.17. The van der Waals surface area contributed by atoms with Gasteiger partial charge in [0.25, 0.3) is 0 Å². The maximum atomic E-state index is 5.92. The van der Waals surface area contributed by atoms with E-state index in [1.165, 1.54) is 22.4 Å². The highest BCUT2D eigenvalue weighted by Crippen LogP contribution is 2.29. The molecule has 0 radical (unpaired) electrons. The SMILES string of the molecule is c1ccc(Cc2ccc3c(c2)CN(c2ccccc2)CO3)cc1. The van der Waals surface area contributed by atoms with Crippen molar-refractivity contribution in [3.63, 3.8) is 0 Å². The maximum Gasteiger partial charge on any atom is 0.161 e. The third kappa shape index (κ3) is 3.07. The van der Waals surface area contributed by atoms with Crippen molar-refractivity contribution in [3.05, 3.63) is 95.6 Å². The maximum absolute atomic E-state index is 5.92. The summed E-state index contributed by atoms with van der Waals surface area (Å²) < 4.78 is 5.92. The smallest absolute Gasteiger partial charge is 0.161 e. The lowest BCUT2D eigenvalue weighted by Gasteiger charge is -2.31. The first-order valence-electron chi connectivity index (χ1n) is 7.97. The van der Waals surface area contributed by atoms with Crippen LogP contribution in [0.15, 0.2) is 78.9 Å². The molecular weight excluding hydrogens is 282 g/mol. The van der Waals surface area contributed by atoms with Gasteiger partial charge in [0.15, 0.2) is 6.73 Å². The molecule has 0 fully saturated rings. The molecule has 0 saturated carbocycles. The van der Waals surface area contributed by atoms with Crippen LogP contribution >= 0.6 is 0 Å². The summed E-state index contributed by atoms with van der Waals surface area (Å²) in [5.41, 5.74) is 5.12. The summed E-state index contributed by atoms with van der Waals surface area (Å²) in [6, 6.07) is 27.6. The summed E-state index contributed by atoms with van der Waals surface area (Å²) >= 11 is 0. The molecule has 2 nitrogen and oxygen atoms in total. The molecule has 0 aliphatic carbocycles. The zero-order valence-corrected chi connectivity index (χ0v) is 13.0. The molecule has 3 aromatic carbocycles. The fourth-order valence-corrected chi connectivity index (χ4v) is 3.04. The van der Waals surface area contributed by atoms with Gasteiger partial charge in [-0.1, -0.05) is 54.6 Å². The predicted molar refractivity (Wildman–Crippen MR) is 93.8 cm³/mol. The molecule has 0 atom stereocenters. The molecule has 2 heteroatoms. The van der Waals surface area contributed by atoms with E-state index in [-0.39, 0.29) is 0 Å². The standard InChI is InChI=1S/C21H19NO/c1-3-7-17(8-4-1)13-18-11-12-21-19(14-18)15-22(16-23-21)20-9-5-2-6-10-20/h1-12,14H,13,15-16H2. The Kier molecular flexibility index (Phi) is 3.73. The van der Waals surface area contributed by atoms with E-state index in [0.29, 0.717) is 6.73 Å². The van der Waals surface area contributed by atoms with E-state index in [2.05, 4.69) is 77.7 Å². The van der Waals surface area contributed by atoms with Crippen LogP contribution < -0.4 is 9.64 Å². The molecule has 3 aromatic rings. The van der Waals surface area contributed by atoms with E-state index in [0.717, 1.165) is 18.7 Å². The molecule has 0 bridgehead atoms. The average molecular weight is 301 g/mol. The molecule has 1 heterocycles. The lowest BCUT2D eigenvalue weighted by molar-refractivity contribution is 0.289. The van der Waals surface area contributed by atoms with E-state index in [1.807, 2.05) is 6.07 Å². The lowest BCUT2D eigenvalue weighted by Crippen LogP contribution is -2.31. The number of nitrogens with zero attached hydrogens (tertiary/aromatic N) is 1. The zero-order valence-electron chi connectivity index (χ0n) is 13.0. The van der Waals surface area contributed by atoms with Crippen LogP contribution in [0.5, 0.6) is 5.75 Å². The number of para-hydroxylation sites is 1. The number of anilines is 1. The van der Waals surface area contributed by atoms with Crippen LogP contribution in [0.1, 0.15) is 16.7 Å². The molecule has 1 aliphatic heterocycles. The number of ether oxygens (including phenoxy) is 1. The summed E-state index contributed by atoms with van der Waals surface area (Å²) in [6.07, 6.45) is 0.958. The Morgan fingerprint density at radius 1 is 0.783 bits per heavy atom. The van der Waals surface area contributed by atoms with Gasteiger partial charge in [-0.05, 0) is 41.8 Å². The molecule has 0 spiro atoms. The molecule has 0 N–H and O–H groups in total. The second-order valence-electron chi connectivity index (χ2n) is 5.91. The van der Waals surface area contributed by atoms with E-state index in [4.69, 9.17) is 4.74 Å². The molecule has 0 aromatic heterocycles. The van der Waals surface area contributed by atoms with Gasteiger partial charge < -0.3 is 9.64 Å². The van der Waals surface area contributed by atoms with Gasteiger partial charge in [-0.3, -0.25) is 0 Å². The number of fused-ring (bicyclic) bond motifs is 1. The number of hydrogen-bond donors (Lipinski definition) is 0. The topological polar surface area (TPSA) is 12.5 Å². The minimum absolute atomic E-state index is 0.606. The van der Waals surface area contributed by atoms with E-state index in [9.17, 15) is 0 Å². The van der Waals surface area contributed by atoms with Crippen LogP contribution in [0.3, 0.4) is 0 Å². The fraction of sp³-hybridized carbons (Fsp3) is 0.143. The molecule has 0 amide bonds. The molecule has 1 aliphatic rings. The van der Waals surface area contributed by atoms with Gasteiger partial charge in [-0.15, -0.1) is 0 Å². The van der Waals surface area contributed by atoms with Crippen LogP contribution in [0.25, 0.3) is 0 Å². The van der Waals surface area contributed by atoms with Crippen molar-refractivity contribution in [2.24, 2.45) is 0 Å². The van der Waals surface area contributed by atoms with Crippen molar-refractivity contribution < 1.29 is 4.74 Å². The monoisotopic (exact) mass is 301 g/mol. The Morgan fingerprint density at radius 2 is 1.52 bits per heavy atom. The first-order chi connectivity index (χ1) is 11.4. The van der Waals surface area contributed by atoms with Gasteiger partial charge in [0.2, 0.25) is 0 Å². The summed E-state index contributed by atoms with van der Waals surface area (Å²) in [5.74, 6) is 1.01. The van der Waals surface area contributed by atoms with Crippen LogP contribution in [0.4, 0.5) is 5.69 Å². The minimum Gasteiger partial charge on any atom is -0.473 e. The van der Waals surface area contributed by atoms with Crippen LogP contribution in [-0.2, 0) is 13.0 Å². The summed E-state index contributed by atoms with van der Waals surface area (Å²) in [6.45, 7) is 1.50. The normalized spacial score (nSPS) is 13.3. The molecule has 0 unspecified atom stereocenters. The number of benzene rings is 3. The summed E-state index contributed by atoms with van der Waals surface area (Å²) in [7, 11) is 0. The third-order valence-corrected chi connectivity index (χ3v) is 4.23. The first-order valence-corrected chi connectivity index (χ1v) is 7.97. The van der Waals surface area contributed by atoms with E-state index < -0.39 is 0 Å². The molecule has 114 valence electrons. The van der Waals surface area contributed by atoms with Crippen molar-refractivity contribution in [1.29, 1.82) is 0 Å². The van der Waals surface area contributed by atoms with Gasteiger partial charge in [0.1, 0.15) is 5.75 Å². The Bertz CT molecular complexity index is 783. The molecule has 23 heavy (non-hydrogen) atoms. The average Bonchev–Trinajstić information content (AvgIpc) is 2.63. The van der Waals surface area contributed by atoms with Gasteiger partial charge in [0.05, 0.1) is 0 Å². The fourth-order valence-electron chi connectivity index (χ4n) is 3.04. The predicted octanol–water partition coefficient (Wildman–Crippen LogP) is 4.63. The number of rotatable bonds is 3. The summed E-state index contributed by atoms with van der Waals surface area (Å²) in [5, 5.41) is 0. The minimum atomic E-state index is 0.606. The Balaban J connectivity index is 1.57. The highest BCUT2D eigenvalue weighted by atomic mass is 16.5. The van der Waals surface area contributed by atoms with E-state index in [1.54, 1.807) is 0 Å². The quantitative estimate of drug-likeness (QED) is 0.699. The van der Waals surface area contributed by atoms with Crippen LogP contribution in [0, 0.1) is 0 Å². The Hall–Kier alpha value is -2.74. The molecule has 0 saturated heterocycles. The van der Waals surface area contributed by atoms with Gasteiger partial charge >= 0.3 is 0 Å². The molecular formula is C21H19NO. The lowest BCUT2D eigenvalue weighted by atomic mass is 10.0. The van der Waals surface area contributed by atoms with E-state index >= 15 is 0 Å². The van der Waals surface area contributed by atoms with Gasteiger partial charge in [-0.2, -0.15) is 0 Å². The Morgan fingerprint density at radius 3 is 2.30 bits per heavy atom. The van der Waals surface area contributed by atoms with Crippen molar-refractivity contribution in [3.8, 4) is 5.75 Å². The van der Waals surface area contributed by atoms with Crippen molar-refractivity contribution in [2.75, 3.05) is 11.6 Å². The highest BCUT2D eigenvalue weighted by molar-refractivity contribution is 5.50. The number of hydrogen-bond acceptors (Lipinski definition) is 2. The second kappa shape index (κ2) is 6.17. The van der Waals surface area contributed by atoms with Crippen molar-refractivity contribution in [1.82, 2.24) is 0 Å². The Labute approximate surface area is 137 Å². The molecule has 4 rings (SSSR count). The van der Waals surface area contributed by atoms with Gasteiger partial charge in [-0.25, -0.2) is 0 Å².